The van der Waals surface area contributed by atoms with E-state index in [1.807, 2.05) is 30.3 Å². The van der Waals surface area contributed by atoms with E-state index in [-0.39, 0.29) is 0 Å². The van der Waals surface area contributed by atoms with Gasteiger partial charge in [-0.1, -0.05) is 48.0 Å². The van der Waals surface area contributed by atoms with Crippen LogP contribution in [0.3, 0.4) is 0 Å². The molecule has 0 unspecified atom stereocenters. The summed E-state index contributed by atoms with van der Waals surface area (Å²) < 4.78 is 0. The minimum Gasteiger partial charge on any atom is -0.361 e. The molecular weight excluding hydrogens is 320 g/mol. The third-order valence-electron chi connectivity index (χ3n) is 3.99. The molecule has 1 heterocycles. The van der Waals surface area contributed by atoms with Crippen LogP contribution in [-0.4, -0.2) is 24.5 Å². The van der Waals surface area contributed by atoms with Gasteiger partial charge < -0.3 is 15.6 Å². The number of fused-ring (bicyclic) bond motifs is 1. The summed E-state index contributed by atoms with van der Waals surface area (Å²) in [5.74, 6) is 0.773. The van der Waals surface area contributed by atoms with E-state index >= 15 is 0 Å². The Balaban J connectivity index is 1.52. The summed E-state index contributed by atoms with van der Waals surface area (Å²) in [4.78, 5) is 7.56. The second kappa shape index (κ2) is 7.88. The molecule has 0 saturated carbocycles. The first-order valence-electron chi connectivity index (χ1n) is 8.01. The van der Waals surface area contributed by atoms with Gasteiger partial charge in [0.25, 0.3) is 0 Å². The quantitative estimate of drug-likeness (QED) is 0.489. The lowest BCUT2D eigenvalue weighted by Gasteiger charge is -2.12. The number of halogens is 1. The molecule has 0 fully saturated rings. The monoisotopic (exact) mass is 340 g/mol. The maximum atomic E-state index is 6.17. The van der Waals surface area contributed by atoms with Gasteiger partial charge in [-0.05, 0) is 29.7 Å². The van der Waals surface area contributed by atoms with E-state index in [0.717, 1.165) is 29.5 Å². The van der Waals surface area contributed by atoms with Gasteiger partial charge in [0, 0.05) is 42.3 Å². The lowest BCUT2D eigenvalue weighted by atomic mass is 10.1. The second-order valence-corrected chi connectivity index (χ2v) is 5.96. The highest BCUT2D eigenvalue weighted by Crippen LogP contribution is 2.17. The molecule has 24 heavy (non-hydrogen) atoms. The number of hydrogen-bond acceptors (Lipinski definition) is 1. The van der Waals surface area contributed by atoms with E-state index < -0.39 is 0 Å². The number of guanidine groups is 1. The number of aliphatic imine (C=N–C) groups is 1. The van der Waals surface area contributed by atoms with Crippen molar-refractivity contribution in [3.05, 3.63) is 70.9 Å². The van der Waals surface area contributed by atoms with Crippen molar-refractivity contribution in [2.45, 2.75) is 13.0 Å². The molecule has 2 aromatic carbocycles. The molecule has 1 aromatic heterocycles. The molecule has 0 aliphatic carbocycles. The molecule has 0 saturated heterocycles. The number of para-hydroxylation sites is 1. The van der Waals surface area contributed by atoms with Crippen molar-refractivity contribution in [2.24, 2.45) is 4.99 Å². The summed E-state index contributed by atoms with van der Waals surface area (Å²) in [6.45, 7) is 1.45. The Morgan fingerprint density at radius 2 is 1.83 bits per heavy atom. The van der Waals surface area contributed by atoms with Crippen LogP contribution in [-0.2, 0) is 13.0 Å². The molecule has 3 aromatic rings. The second-order valence-electron chi connectivity index (χ2n) is 5.55. The average molecular weight is 341 g/mol. The van der Waals surface area contributed by atoms with Gasteiger partial charge in [0.05, 0.1) is 0 Å². The van der Waals surface area contributed by atoms with Crippen molar-refractivity contribution in [2.75, 3.05) is 13.6 Å². The third kappa shape index (κ3) is 3.89. The van der Waals surface area contributed by atoms with Gasteiger partial charge in [-0.15, -0.1) is 0 Å². The molecule has 124 valence electrons. The fourth-order valence-electron chi connectivity index (χ4n) is 2.70. The topological polar surface area (TPSA) is 52.2 Å². The van der Waals surface area contributed by atoms with Crippen LogP contribution >= 0.6 is 11.6 Å². The molecule has 0 aliphatic heterocycles. The first-order chi connectivity index (χ1) is 11.8. The number of hydrogen-bond donors (Lipinski definition) is 3. The van der Waals surface area contributed by atoms with Crippen LogP contribution in [0.2, 0.25) is 5.02 Å². The summed E-state index contributed by atoms with van der Waals surface area (Å²) >= 11 is 6.17. The summed E-state index contributed by atoms with van der Waals surface area (Å²) in [6.07, 6.45) is 3.00. The number of benzene rings is 2. The zero-order chi connectivity index (χ0) is 16.8. The van der Waals surface area contributed by atoms with Crippen LogP contribution in [0.1, 0.15) is 11.1 Å². The summed E-state index contributed by atoms with van der Waals surface area (Å²) in [6, 6.07) is 16.2. The number of nitrogens with zero attached hydrogens (tertiary/aromatic N) is 1. The molecule has 0 atom stereocenters. The Kier molecular flexibility index (Phi) is 5.39. The third-order valence-corrected chi connectivity index (χ3v) is 4.36. The van der Waals surface area contributed by atoms with E-state index in [0.29, 0.717) is 6.54 Å². The standard InChI is InChI=1S/C19H21ClN4/c1-21-19(24-13-15-6-2-4-8-17(15)20)22-11-10-14-12-23-18-9-5-3-7-16(14)18/h2-9,12,23H,10-11,13H2,1H3,(H2,21,22,24). The highest BCUT2D eigenvalue weighted by molar-refractivity contribution is 6.31. The Labute approximate surface area is 147 Å². The zero-order valence-electron chi connectivity index (χ0n) is 13.6. The minimum absolute atomic E-state index is 0.645. The van der Waals surface area contributed by atoms with Gasteiger partial charge in [-0.2, -0.15) is 0 Å². The summed E-state index contributed by atoms with van der Waals surface area (Å²) in [5, 5.41) is 8.67. The molecular formula is C19H21ClN4. The van der Waals surface area contributed by atoms with Crippen LogP contribution in [0.5, 0.6) is 0 Å². The predicted octanol–water partition coefficient (Wildman–Crippen LogP) is 3.73. The van der Waals surface area contributed by atoms with Crippen molar-refractivity contribution in [3.8, 4) is 0 Å². The van der Waals surface area contributed by atoms with Gasteiger partial charge in [-0.3, -0.25) is 4.99 Å². The van der Waals surface area contributed by atoms with Gasteiger partial charge in [0.1, 0.15) is 0 Å². The molecule has 0 spiro atoms. The maximum Gasteiger partial charge on any atom is 0.191 e. The molecule has 0 amide bonds. The van der Waals surface area contributed by atoms with E-state index in [9.17, 15) is 0 Å². The van der Waals surface area contributed by atoms with Crippen molar-refractivity contribution in [3.63, 3.8) is 0 Å². The van der Waals surface area contributed by atoms with Crippen LogP contribution in [0.25, 0.3) is 10.9 Å². The molecule has 0 radical (unpaired) electrons. The smallest absolute Gasteiger partial charge is 0.191 e. The van der Waals surface area contributed by atoms with Gasteiger partial charge in [-0.25, -0.2) is 0 Å². The predicted molar refractivity (Wildman–Crippen MR) is 102 cm³/mol. The average Bonchev–Trinajstić information content (AvgIpc) is 3.02. The number of aromatic nitrogens is 1. The van der Waals surface area contributed by atoms with Crippen molar-refractivity contribution in [1.29, 1.82) is 0 Å². The first kappa shape index (κ1) is 16.4. The summed E-state index contributed by atoms with van der Waals surface area (Å²) in [5.41, 5.74) is 3.53. The molecule has 5 heteroatoms. The highest BCUT2D eigenvalue weighted by Gasteiger charge is 2.04. The number of H-pyrrole nitrogens is 1. The molecule has 0 bridgehead atoms. The Hall–Kier alpha value is -2.46. The lowest BCUT2D eigenvalue weighted by Crippen LogP contribution is -2.37. The van der Waals surface area contributed by atoms with E-state index in [1.165, 1.54) is 16.5 Å². The Morgan fingerprint density at radius 3 is 2.67 bits per heavy atom. The number of rotatable bonds is 5. The van der Waals surface area contributed by atoms with E-state index in [1.54, 1.807) is 7.05 Å². The van der Waals surface area contributed by atoms with Crippen LogP contribution in [0.15, 0.2) is 59.7 Å². The van der Waals surface area contributed by atoms with Crippen LogP contribution < -0.4 is 10.6 Å². The van der Waals surface area contributed by atoms with Gasteiger partial charge in [0.2, 0.25) is 0 Å². The van der Waals surface area contributed by atoms with Gasteiger partial charge >= 0.3 is 0 Å². The maximum absolute atomic E-state index is 6.17. The van der Waals surface area contributed by atoms with Crippen molar-refractivity contribution >= 4 is 28.5 Å². The number of aromatic amines is 1. The Bertz CT molecular complexity index is 838. The summed E-state index contributed by atoms with van der Waals surface area (Å²) in [7, 11) is 1.77. The van der Waals surface area contributed by atoms with Crippen molar-refractivity contribution < 1.29 is 0 Å². The normalized spacial score (nSPS) is 11.7. The Morgan fingerprint density at radius 1 is 1.04 bits per heavy atom. The van der Waals surface area contributed by atoms with Crippen molar-refractivity contribution in [1.82, 2.24) is 15.6 Å². The van der Waals surface area contributed by atoms with Crippen LogP contribution in [0.4, 0.5) is 0 Å². The SMILES string of the molecule is CN=C(NCCc1c[nH]c2ccccc12)NCc1ccccc1Cl. The molecule has 3 rings (SSSR count). The highest BCUT2D eigenvalue weighted by atomic mass is 35.5. The molecule has 0 aliphatic rings. The van der Waals surface area contributed by atoms with Gasteiger partial charge in [0.15, 0.2) is 5.96 Å². The zero-order valence-corrected chi connectivity index (χ0v) is 14.4. The minimum atomic E-state index is 0.645. The lowest BCUT2D eigenvalue weighted by molar-refractivity contribution is 0.796. The van der Waals surface area contributed by atoms with E-state index in [2.05, 4.69) is 45.0 Å². The number of nitrogens with one attached hydrogen (secondary N) is 3. The largest absolute Gasteiger partial charge is 0.361 e. The van der Waals surface area contributed by atoms with E-state index in [4.69, 9.17) is 11.6 Å². The molecule has 3 N–H and O–H groups in total. The fourth-order valence-corrected chi connectivity index (χ4v) is 2.90. The fraction of sp³-hybridized carbons (Fsp3) is 0.211. The van der Waals surface area contributed by atoms with Crippen LogP contribution in [0, 0.1) is 0 Å². The molecule has 4 nitrogen and oxygen atoms in total. The first-order valence-corrected chi connectivity index (χ1v) is 8.38.